The number of rotatable bonds is 2. The summed E-state index contributed by atoms with van der Waals surface area (Å²) in [4.78, 5) is 54.8. The van der Waals surface area contributed by atoms with Crippen molar-refractivity contribution in [1.29, 1.82) is 0 Å². The molecule has 8 rings (SSSR count). The van der Waals surface area contributed by atoms with Crippen LogP contribution in [0.5, 0.6) is 0 Å². The van der Waals surface area contributed by atoms with Crippen molar-refractivity contribution in [2.24, 2.45) is 0 Å². The molecule has 0 saturated carbocycles. The van der Waals surface area contributed by atoms with Crippen LogP contribution >= 0.6 is 43.5 Å². The zero-order valence-corrected chi connectivity index (χ0v) is 26.8. The second-order valence-electron chi connectivity index (χ2n) is 9.87. The molecule has 4 heterocycles. The number of H-pyrrole nitrogens is 2. The van der Waals surface area contributed by atoms with Crippen LogP contribution in [0.15, 0.2) is 113 Å². The van der Waals surface area contributed by atoms with Gasteiger partial charge in [0.1, 0.15) is 11.5 Å². The number of fused-ring (bicyclic) bond motifs is 6. The van der Waals surface area contributed by atoms with Crippen LogP contribution in [0.2, 0.25) is 5.02 Å². The zero-order chi connectivity index (χ0) is 32.3. The van der Waals surface area contributed by atoms with Gasteiger partial charge in [-0.25, -0.2) is 23.6 Å². The van der Waals surface area contributed by atoms with E-state index in [9.17, 15) is 23.6 Å². The first-order valence-corrected chi connectivity index (χ1v) is 15.2. The molecule has 16 heteroatoms. The summed E-state index contributed by atoms with van der Waals surface area (Å²) in [6, 6.07) is 23.0. The number of nitrogens with one attached hydrogen (secondary N) is 2. The largest absolute Gasteiger partial charge is 0.359 e. The van der Waals surface area contributed by atoms with Gasteiger partial charge >= 0.3 is 22.8 Å². The Kier molecular flexibility index (Phi) is 7.30. The molecule has 0 amide bonds. The topological polar surface area (TPSA) is 144 Å². The number of hydrogen-bond acceptors (Lipinski definition) is 6. The van der Waals surface area contributed by atoms with Crippen LogP contribution in [0.25, 0.3) is 44.5 Å². The van der Waals surface area contributed by atoms with Gasteiger partial charge in [-0.2, -0.15) is 18.2 Å². The molecule has 8 aromatic rings. The van der Waals surface area contributed by atoms with Crippen LogP contribution in [0.3, 0.4) is 0 Å². The minimum absolute atomic E-state index is 0.0104. The van der Waals surface area contributed by atoms with E-state index in [4.69, 9.17) is 11.6 Å². The van der Waals surface area contributed by atoms with Crippen molar-refractivity contribution in [2.75, 3.05) is 0 Å². The van der Waals surface area contributed by atoms with Gasteiger partial charge in [-0.1, -0.05) is 55.6 Å². The Morgan fingerprint density at radius 2 is 1.15 bits per heavy atom. The highest BCUT2D eigenvalue weighted by atomic mass is 79.9. The first kappa shape index (κ1) is 29.6. The molecule has 0 spiro atoms. The van der Waals surface area contributed by atoms with E-state index in [1.807, 2.05) is 6.07 Å². The molecule has 0 radical (unpaired) electrons. The van der Waals surface area contributed by atoms with Gasteiger partial charge < -0.3 is 9.97 Å². The molecule has 4 aromatic carbocycles. The molecule has 0 unspecified atom stereocenters. The Morgan fingerprint density at radius 1 is 0.652 bits per heavy atom. The van der Waals surface area contributed by atoms with Crippen LogP contribution in [0.4, 0.5) is 4.39 Å². The molecule has 46 heavy (non-hydrogen) atoms. The molecule has 0 aliphatic rings. The fraction of sp³-hybridized carbons (Fsp3) is 0. The summed E-state index contributed by atoms with van der Waals surface area (Å²) in [5.41, 5.74) is -0.283. The molecule has 0 aliphatic heterocycles. The third kappa shape index (κ3) is 4.98. The summed E-state index contributed by atoms with van der Waals surface area (Å²) in [5, 5.41) is 10.3. The normalized spacial score (nSPS) is 11.4. The summed E-state index contributed by atoms with van der Waals surface area (Å²) in [7, 11) is 0. The lowest BCUT2D eigenvalue weighted by atomic mass is 10.2. The van der Waals surface area contributed by atoms with Crippen molar-refractivity contribution in [2.45, 2.75) is 0 Å². The first-order chi connectivity index (χ1) is 22.1. The van der Waals surface area contributed by atoms with E-state index in [1.165, 1.54) is 22.9 Å². The third-order valence-electron chi connectivity index (χ3n) is 7.04. The molecule has 0 fully saturated rings. The van der Waals surface area contributed by atoms with Crippen molar-refractivity contribution in [3.63, 3.8) is 0 Å². The monoisotopic (exact) mass is 764 g/mol. The fourth-order valence-corrected chi connectivity index (χ4v) is 5.79. The fourth-order valence-electron chi connectivity index (χ4n) is 4.94. The summed E-state index contributed by atoms with van der Waals surface area (Å²) >= 11 is 12.6. The van der Waals surface area contributed by atoms with Gasteiger partial charge in [0.2, 0.25) is 0 Å². The summed E-state index contributed by atoms with van der Waals surface area (Å²) < 4.78 is 19.5. The number of nitrogens with zero attached hydrogens (tertiary/aromatic N) is 6. The smallest absolute Gasteiger partial charge is 0.306 e. The van der Waals surface area contributed by atoms with E-state index in [-0.39, 0.29) is 11.3 Å². The van der Waals surface area contributed by atoms with Crippen molar-refractivity contribution >= 4 is 76.6 Å². The van der Waals surface area contributed by atoms with Crippen LogP contribution < -0.4 is 22.8 Å². The predicted octanol–water partition coefficient (Wildman–Crippen LogP) is 4.97. The average molecular weight is 767 g/mol. The molecule has 2 N–H and O–H groups in total. The van der Waals surface area contributed by atoms with Crippen molar-refractivity contribution in [3.8, 4) is 11.4 Å². The molecule has 0 bridgehead atoms. The van der Waals surface area contributed by atoms with E-state index in [0.717, 1.165) is 22.4 Å². The van der Waals surface area contributed by atoms with Gasteiger partial charge in [0.15, 0.2) is 11.3 Å². The Labute approximate surface area is 276 Å². The number of halogens is 4. The van der Waals surface area contributed by atoms with E-state index in [1.54, 1.807) is 60.7 Å². The Bertz CT molecular complexity index is 2750. The summed E-state index contributed by atoms with van der Waals surface area (Å²) in [6.45, 7) is 0. The van der Waals surface area contributed by atoms with Crippen LogP contribution in [-0.4, -0.2) is 38.3 Å². The molecule has 228 valence electrons. The van der Waals surface area contributed by atoms with E-state index >= 15 is 0 Å². The van der Waals surface area contributed by atoms with E-state index < -0.39 is 28.6 Å². The standard InChI is InChI=1S/C15H8BrClN4O2.C15H8BrFN4O2/c16-8-1-6-12-11(7-8)13-19-21(10-4-2-9(17)3-5-10)15(23)20(13)14(22)18-12;16-8-5-6-11-9(7-8)13-19-21(12-4-2-1-3-10(12)17)15(23)20(13)14(22)18-11/h2*1-7H,(H,18,22). The lowest BCUT2D eigenvalue weighted by molar-refractivity contribution is 0.607. The number of aromatic amines is 2. The van der Waals surface area contributed by atoms with E-state index in [2.05, 4.69) is 52.0 Å². The molecule has 0 saturated heterocycles. The highest BCUT2D eigenvalue weighted by Crippen LogP contribution is 2.22. The van der Waals surface area contributed by atoms with Crippen LogP contribution in [-0.2, 0) is 0 Å². The Hall–Kier alpha value is -5.12. The van der Waals surface area contributed by atoms with E-state index in [0.29, 0.717) is 38.2 Å². The number of para-hydroxylation sites is 1. The van der Waals surface area contributed by atoms with Gasteiger partial charge in [-0.15, -0.1) is 10.2 Å². The van der Waals surface area contributed by atoms with Crippen molar-refractivity contribution in [3.05, 3.63) is 147 Å². The average Bonchev–Trinajstić information content (AvgIpc) is 3.57. The minimum atomic E-state index is -0.728. The second kappa shape index (κ2) is 11.3. The van der Waals surface area contributed by atoms with Gasteiger partial charge in [0, 0.05) is 24.7 Å². The minimum Gasteiger partial charge on any atom is -0.306 e. The molecule has 12 nitrogen and oxygen atoms in total. The van der Waals surface area contributed by atoms with Gasteiger partial charge in [0.25, 0.3) is 0 Å². The highest BCUT2D eigenvalue weighted by Gasteiger charge is 2.17. The van der Waals surface area contributed by atoms with Crippen LogP contribution in [0.1, 0.15) is 0 Å². The first-order valence-electron chi connectivity index (χ1n) is 13.3. The van der Waals surface area contributed by atoms with Gasteiger partial charge in [0.05, 0.1) is 16.7 Å². The molecule has 0 atom stereocenters. The zero-order valence-electron chi connectivity index (χ0n) is 22.9. The summed E-state index contributed by atoms with van der Waals surface area (Å²) in [5.74, 6) is -0.597. The molecule has 4 aromatic heterocycles. The predicted molar refractivity (Wildman–Crippen MR) is 178 cm³/mol. The second-order valence-corrected chi connectivity index (χ2v) is 12.1. The maximum absolute atomic E-state index is 14.0. The Balaban J connectivity index is 0.000000147. The number of aromatic nitrogens is 8. The van der Waals surface area contributed by atoms with Crippen LogP contribution in [0, 0.1) is 5.82 Å². The maximum atomic E-state index is 14.0. The Morgan fingerprint density at radius 3 is 1.70 bits per heavy atom. The van der Waals surface area contributed by atoms with Gasteiger partial charge in [-0.3, -0.25) is 0 Å². The molecular formula is C30H16Br2ClFN8O4. The highest BCUT2D eigenvalue weighted by molar-refractivity contribution is 9.10. The maximum Gasteiger partial charge on any atom is 0.359 e. The molecular weight excluding hydrogens is 751 g/mol. The number of hydrogen-bond donors (Lipinski definition) is 2. The lowest BCUT2D eigenvalue weighted by Gasteiger charge is -1.99. The van der Waals surface area contributed by atoms with Crippen molar-refractivity contribution in [1.82, 2.24) is 38.3 Å². The molecule has 0 aliphatic carbocycles. The lowest BCUT2D eigenvalue weighted by Crippen LogP contribution is -2.29. The SMILES string of the molecule is O=c1[nH]c2ccc(Br)cc2c2nn(-c3ccc(Cl)cc3)c(=O)n12.O=c1[nH]c2ccc(Br)cc2c2nn(-c3ccccc3F)c(=O)n12. The summed E-state index contributed by atoms with van der Waals surface area (Å²) in [6.07, 6.45) is 0. The third-order valence-corrected chi connectivity index (χ3v) is 8.28. The quantitative estimate of drug-likeness (QED) is 0.255. The van der Waals surface area contributed by atoms with Crippen molar-refractivity contribution < 1.29 is 4.39 Å². The van der Waals surface area contributed by atoms with Gasteiger partial charge in [-0.05, 0) is 72.8 Å². The number of benzene rings is 4.